The van der Waals surface area contributed by atoms with Crippen LogP contribution in [0.4, 0.5) is 5.69 Å². The van der Waals surface area contributed by atoms with Gasteiger partial charge >= 0.3 is 11.7 Å². The molecule has 4 heteroatoms. The van der Waals surface area contributed by atoms with Crippen molar-refractivity contribution < 1.29 is 9.53 Å². The summed E-state index contributed by atoms with van der Waals surface area (Å²) < 4.78 is 4.91. The molecule has 0 amide bonds. The summed E-state index contributed by atoms with van der Waals surface area (Å²) >= 11 is 0. The lowest BCUT2D eigenvalue weighted by Crippen LogP contribution is -2.04. The predicted molar refractivity (Wildman–Crippen MR) is 56.3 cm³/mol. The minimum Gasteiger partial charge on any atom is -0.458 e. The normalized spacial score (nSPS) is 9.87. The molecule has 1 aromatic rings. The van der Waals surface area contributed by atoms with Gasteiger partial charge in [-0.05, 0) is 13.0 Å². The maximum absolute atomic E-state index is 11.5. The molecule has 0 aliphatic heterocycles. The van der Waals surface area contributed by atoms with E-state index in [1.807, 2.05) is 6.92 Å². The molecule has 4 nitrogen and oxygen atoms in total. The Labute approximate surface area is 87.8 Å². The topological polar surface area (TPSA) is 54.5 Å². The molecule has 0 heterocycles. The number of hydrogen-bond donors (Lipinski definition) is 0. The van der Waals surface area contributed by atoms with Gasteiger partial charge < -0.3 is 4.74 Å². The van der Waals surface area contributed by atoms with Crippen molar-refractivity contribution in [2.75, 3.05) is 6.61 Å². The minimum absolute atomic E-state index is 0.211. The third kappa shape index (κ3) is 2.92. The van der Waals surface area contributed by atoms with Crippen molar-refractivity contribution in [3.8, 4) is 0 Å². The van der Waals surface area contributed by atoms with Crippen LogP contribution in [-0.2, 0) is 4.74 Å². The third-order valence-electron chi connectivity index (χ3n) is 1.78. The number of diazo groups is 1. The van der Waals surface area contributed by atoms with E-state index in [1.165, 1.54) is 6.07 Å². The van der Waals surface area contributed by atoms with Crippen LogP contribution in [0.3, 0.4) is 0 Å². The first kappa shape index (κ1) is 10.9. The standard InChI is InChI=1S/C11H11N2O2/c1-2-3-8-15-11(14)9-6-4-5-7-10(9)13-12/h2-7H,8H2,1H3/q+1/b3-2+. The summed E-state index contributed by atoms with van der Waals surface area (Å²) in [6.45, 7) is 2.06. The van der Waals surface area contributed by atoms with Gasteiger partial charge in [-0.15, -0.1) is 0 Å². The highest BCUT2D eigenvalue weighted by molar-refractivity contribution is 5.95. The van der Waals surface area contributed by atoms with Gasteiger partial charge in [0, 0.05) is 6.07 Å². The van der Waals surface area contributed by atoms with E-state index in [2.05, 4.69) is 4.98 Å². The Morgan fingerprint density at radius 3 is 2.93 bits per heavy atom. The smallest absolute Gasteiger partial charge is 0.399 e. The summed E-state index contributed by atoms with van der Waals surface area (Å²) in [5.74, 6) is -0.499. The molecule has 1 rings (SSSR count). The van der Waals surface area contributed by atoms with Gasteiger partial charge in [0.05, 0.1) is 0 Å². The average Bonchev–Trinajstić information content (AvgIpc) is 2.29. The Morgan fingerprint density at radius 1 is 1.53 bits per heavy atom. The molecule has 1 aromatic carbocycles. The van der Waals surface area contributed by atoms with E-state index in [-0.39, 0.29) is 17.9 Å². The van der Waals surface area contributed by atoms with Crippen LogP contribution in [0.15, 0.2) is 36.4 Å². The van der Waals surface area contributed by atoms with Gasteiger partial charge in [-0.1, -0.05) is 24.3 Å². The van der Waals surface area contributed by atoms with E-state index in [4.69, 9.17) is 10.1 Å². The van der Waals surface area contributed by atoms with Crippen molar-refractivity contribution in [3.05, 3.63) is 47.0 Å². The second-order valence-electron chi connectivity index (χ2n) is 2.78. The Hall–Kier alpha value is -2.15. The molecule has 0 N–H and O–H groups in total. The monoisotopic (exact) mass is 203 g/mol. The molecule has 0 unspecified atom stereocenters. The quantitative estimate of drug-likeness (QED) is 0.431. The zero-order valence-corrected chi connectivity index (χ0v) is 8.38. The summed E-state index contributed by atoms with van der Waals surface area (Å²) in [5, 5.41) is 8.64. The van der Waals surface area contributed by atoms with Crippen molar-refractivity contribution in [1.29, 1.82) is 5.39 Å². The zero-order chi connectivity index (χ0) is 11.1. The van der Waals surface area contributed by atoms with Gasteiger partial charge in [-0.3, -0.25) is 0 Å². The molecule has 0 aromatic heterocycles. The maximum atomic E-state index is 11.5. The number of ether oxygens (including phenoxy) is 1. The van der Waals surface area contributed by atoms with Crippen molar-refractivity contribution in [2.45, 2.75) is 6.92 Å². The Morgan fingerprint density at radius 2 is 2.27 bits per heavy atom. The molecule has 76 valence electrons. The van der Waals surface area contributed by atoms with Crippen LogP contribution >= 0.6 is 0 Å². The second-order valence-corrected chi connectivity index (χ2v) is 2.78. The molecule has 0 atom stereocenters. The van der Waals surface area contributed by atoms with Gasteiger partial charge in [0.15, 0.2) is 10.5 Å². The van der Waals surface area contributed by atoms with Gasteiger partial charge in [-0.2, -0.15) is 0 Å². The van der Waals surface area contributed by atoms with E-state index in [0.29, 0.717) is 0 Å². The molecule has 0 aliphatic rings. The molecular formula is C11H11N2O2+. The highest BCUT2D eigenvalue weighted by Crippen LogP contribution is 2.18. The second kappa shape index (κ2) is 5.55. The molecule has 0 saturated carbocycles. The number of rotatable bonds is 3. The van der Waals surface area contributed by atoms with E-state index in [1.54, 1.807) is 30.4 Å². The number of hydrogen-bond acceptors (Lipinski definition) is 3. The summed E-state index contributed by atoms with van der Waals surface area (Å²) in [4.78, 5) is 14.5. The Balaban J connectivity index is 2.78. The summed E-state index contributed by atoms with van der Waals surface area (Å²) in [6, 6.07) is 6.44. The van der Waals surface area contributed by atoms with E-state index in [0.717, 1.165) is 0 Å². The third-order valence-corrected chi connectivity index (χ3v) is 1.78. The first-order valence-corrected chi connectivity index (χ1v) is 4.52. The van der Waals surface area contributed by atoms with Gasteiger partial charge in [-0.25, -0.2) is 4.79 Å². The van der Waals surface area contributed by atoms with Crippen LogP contribution in [-0.4, -0.2) is 12.6 Å². The Bertz CT molecular complexity index is 419. The number of benzene rings is 1. The number of carbonyl (C=O) groups excluding carboxylic acids is 1. The molecule has 0 bridgehead atoms. The molecule has 0 aliphatic carbocycles. The van der Waals surface area contributed by atoms with E-state index < -0.39 is 5.97 Å². The lowest BCUT2D eigenvalue weighted by Gasteiger charge is -1.98. The van der Waals surface area contributed by atoms with E-state index in [9.17, 15) is 4.79 Å². The van der Waals surface area contributed by atoms with Crippen LogP contribution in [0, 0.1) is 5.39 Å². The molecule has 0 fully saturated rings. The van der Waals surface area contributed by atoms with Crippen molar-refractivity contribution in [2.24, 2.45) is 0 Å². The minimum atomic E-state index is -0.499. The summed E-state index contributed by atoms with van der Waals surface area (Å²) in [6.07, 6.45) is 3.51. The lowest BCUT2D eigenvalue weighted by atomic mass is 10.2. The van der Waals surface area contributed by atoms with Crippen LogP contribution in [0.25, 0.3) is 4.98 Å². The SMILES string of the molecule is C/C=C/COC(=O)c1ccccc1[N+]#N. The molecular weight excluding hydrogens is 192 g/mol. The number of nitrogens with zero attached hydrogens (tertiary/aromatic N) is 2. The highest BCUT2D eigenvalue weighted by Gasteiger charge is 2.20. The van der Waals surface area contributed by atoms with Gasteiger partial charge in [0.1, 0.15) is 6.61 Å². The largest absolute Gasteiger partial charge is 0.458 e. The number of allylic oxidation sites excluding steroid dienone is 1. The van der Waals surface area contributed by atoms with Crippen molar-refractivity contribution in [3.63, 3.8) is 0 Å². The summed E-state index contributed by atoms with van der Waals surface area (Å²) in [7, 11) is 0. The molecule has 0 saturated heterocycles. The fraction of sp³-hybridized carbons (Fsp3) is 0.182. The zero-order valence-electron chi connectivity index (χ0n) is 8.38. The number of esters is 1. The maximum Gasteiger partial charge on any atom is 0.399 e. The molecule has 15 heavy (non-hydrogen) atoms. The Kier molecular flexibility index (Phi) is 4.05. The lowest BCUT2D eigenvalue weighted by molar-refractivity contribution is 0.0551. The van der Waals surface area contributed by atoms with Crippen LogP contribution in [0.2, 0.25) is 0 Å². The first-order chi connectivity index (χ1) is 7.29. The number of carbonyl (C=O) groups is 1. The van der Waals surface area contributed by atoms with Crippen molar-refractivity contribution >= 4 is 11.7 Å². The summed E-state index contributed by atoms with van der Waals surface area (Å²) in [5.41, 5.74) is 0.465. The van der Waals surface area contributed by atoms with Crippen LogP contribution < -0.4 is 0 Å². The van der Waals surface area contributed by atoms with Gasteiger partial charge in [0.2, 0.25) is 5.39 Å². The fourth-order valence-corrected chi connectivity index (χ4v) is 1.03. The van der Waals surface area contributed by atoms with Crippen molar-refractivity contribution in [1.82, 2.24) is 0 Å². The van der Waals surface area contributed by atoms with E-state index >= 15 is 0 Å². The molecule has 0 spiro atoms. The van der Waals surface area contributed by atoms with Gasteiger partial charge in [0.25, 0.3) is 0 Å². The average molecular weight is 203 g/mol. The van der Waals surface area contributed by atoms with Crippen LogP contribution in [0.5, 0.6) is 0 Å². The fourth-order valence-electron chi connectivity index (χ4n) is 1.03. The van der Waals surface area contributed by atoms with Crippen LogP contribution in [0.1, 0.15) is 17.3 Å². The predicted octanol–water partition coefficient (Wildman–Crippen LogP) is 2.90. The molecule has 0 radical (unpaired) electrons. The first-order valence-electron chi connectivity index (χ1n) is 4.52. The highest BCUT2D eigenvalue weighted by atomic mass is 16.5.